The molecule has 4 nitrogen and oxygen atoms in total. The zero-order chi connectivity index (χ0) is 19.1. The Hall–Kier alpha value is -3.40. The molecule has 0 fully saturated rings. The number of esters is 1. The molecule has 1 N–H and O–H groups in total. The molecule has 0 aliphatic rings. The number of carbonyl (C=O) groups is 2. The van der Waals surface area contributed by atoms with Gasteiger partial charge in [0.05, 0.1) is 6.42 Å². The van der Waals surface area contributed by atoms with E-state index < -0.39 is 0 Å². The molecule has 0 atom stereocenters. The molecule has 0 aliphatic carbocycles. The topological polar surface area (TPSA) is 55.4 Å². The number of ether oxygens (including phenoxy) is 1. The first kappa shape index (κ1) is 18.4. The normalized spacial score (nSPS) is 10.4. The number of anilines is 1. The second-order valence-corrected chi connectivity index (χ2v) is 6.26. The Bertz CT molecular complexity index is 850. The molecule has 3 rings (SSSR count). The quantitative estimate of drug-likeness (QED) is 0.509. The molecular formula is C23H21NO3. The van der Waals surface area contributed by atoms with Crippen LogP contribution >= 0.6 is 0 Å². The Morgan fingerprint density at radius 3 is 1.81 bits per heavy atom. The lowest BCUT2D eigenvalue weighted by Crippen LogP contribution is -2.14. The molecule has 4 heteroatoms. The van der Waals surface area contributed by atoms with Crippen molar-refractivity contribution in [3.8, 4) is 5.75 Å². The Balaban J connectivity index is 1.72. The van der Waals surface area contributed by atoms with Crippen LogP contribution in [0.1, 0.15) is 30.4 Å². The zero-order valence-electron chi connectivity index (χ0n) is 15.1. The molecular weight excluding hydrogens is 338 g/mol. The minimum absolute atomic E-state index is 0.0708. The lowest BCUT2D eigenvalue weighted by Gasteiger charge is -2.17. The van der Waals surface area contributed by atoms with E-state index in [1.54, 1.807) is 24.3 Å². The molecule has 0 saturated heterocycles. The van der Waals surface area contributed by atoms with Gasteiger partial charge >= 0.3 is 5.97 Å². The van der Waals surface area contributed by atoms with E-state index in [2.05, 4.69) is 5.32 Å². The van der Waals surface area contributed by atoms with Gasteiger partial charge in [0.25, 0.3) is 0 Å². The Morgan fingerprint density at radius 2 is 1.33 bits per heavy atom. The molecule has 27 heavy (non-hydrogen) atoms. The molecule has 0 unspecified atom stereocenters. The fourth-order valence-corrected chi connectivity index (χ4v) is 2.95. The van der Waals surface area contributed by atoms with Crippen LogP contribution in [-0.4, -0.2) is 11.9 Å². The first-order valence-electron chi connectivity index (χ1n) is 8.80. The number of carbonyl (C=O) groups excluding carboxylic acids is 2. The molecule has 0 bridgehead atoms. The van der Waals surface area contributed by atoms with Gasteiger partial charge in [0, 0.05) is 18.5 Å². The fourth-order valence-electron chi connectivity index (χ4n) is 2.95. The van der Waals surface area contributed by atoms with E-state index in [1.807, 2.05) is 60.7 Å². The highest BCUT2D eigenvalue weighted by Gasteiger charge is 2.19. The van der Waals surface area contributed by atoms with E-state index in [-0.39, 0.29) is 24.2 Å². The van der Waals surface area contributed by atoms with Gasteiger partial charge in [0.1, 0.15) is 5.75 Å². The summed E-state index contributed by atoms with van der Waals surface area (Å²) in [7, 11) is 0. The highest BCUT2D eigenvalue weighted by atomic mass is 16.5. The summed E-state index contributed by atoms with van der Waals surface area (Å²) < 4.78 is 5.50. The van der Waals surface area contributed by atoms with E-state index in [0.29, 0.717) is 11.4 Å². The summed E-state index contributed by atoms with van der Waals surface area (Å²) in [6, 6.07) is 26.6. The predicted molar refractivity (Wildman–Crippen MR) is 106 cm³/mol. The maximum absolute atomic E-state index is 12.5. The van der Waals surface area contributed by atoms with Crippen LogP contribution < -0.4 is 10.1 Å². The van der Waals surface area contributed by atoms with Crippen molar-refractivity contribution in [1.29, 1.82) is 0 Å². The van der Waals surface area contributed by atoms with E-state index in [4.69, 9.17) is 4.74 Å². The number of benzene rings is 3. The maximum Gasteiger partial charge on any atom is 0.312 e. The first-order valence-corrected chi connectivity index (χ1v) is 8.80. The van der Waals surface area contributed by atoms with Crippen LogP contribution in [0.4, 0.5) is 5.69 Å². The summed E-state index contributed by atoms with van der Waals surface area (Å²) in [5.41, 5.74) is 2.80. The van der Waals surface area contributed by atoms with Crippen molar-refractivity contribution >= 4 is 17.6 Å². The molecule has 0 radical (unpaired) electrons. The van der Waals surface area contributed by atoms with Gasteiger partial charge in [-0.1, -0.05) is 60.7 Å². The zero-order valence-corrected chi connectivity index (χ0v) is 15.1. The number of nitrogens with one attached hydrogen (secondary N) is 1. The molecule has 3 aromatic carbocycles. The van der Waals surface area contributed by atoms with Crippen molar-refractivity contribution in [3.63, 3.8) is 0 Å². The average Bonchev–Trinajstić information content (AvgIpc) is 2.69. The van der Waals surface area contributed by atoms with Gasteiger partial charge in [-0.15, -0.1) is 0 Å². The number of hydrogen-bond donors (Lipinski definition) is 1. The van der Waals surface area contributed by atoms with E-state index >= 15 is 0 Å². The standard InChI is InChI=1S/C23H21NO3/c1-17(25)24-20-12-14-21(15-13-20)27-23(26)16-22(18-8-4-2-5-9-18)19-10-6-3-7-11-19/h2-15,22H,16H2,1H3,(H,24,25). The van der Waals surface area contributed by atoms with Crippen LogP contribution in [0, 0.1) is 0 Å². The molecule has 0 spiro atoms. The minimum atomic E-state index is -0.306. The second kappa shape index (κ2) is 8.81. The summed E-state index contributed by atoms with van der Waals surface area (Å²) in [5, 5.41) is 2.68. The molecule has 0 heterocycles. The lowest BCUT2D eigenvalue weighted by atomic mass is 9.89. The summed E-state index contributed by atoms with van der Waals surface area (Å²) >= 11 is 0. The smallest absolute Gasteiger partial charge is 0.312 e. The van der Waals surface area contributed by atoms with Crippen LogP contribution in [0.2, 0.25) is 0 Å². The average molecular weight is 359 g/mol. The summed E-state index contributed by atoms with van der Waals surface area (Å²) in [6.45, 7) is 1.45. The Morgan fingerprint density at radius 1 is 0.815 bits per heavy atom. The molecule has 0 saturated carbocycles. The number of amides is 1. The van der Waals surface area contributed by atoms with E-state index in [1.165, 1.54) is 6.92 Å². The van der Waals surface area contributed by atoms with Crippen molar-refractivity contribution in [2.45, 2.75) is 19.3 Å². The highest BCUT2D eigenvalue weighted by Crippen LogP contribution is 2.28. The summed E-state index contributed by atoms with van der Waals surface area (Å²) in [6.07, 6.45) is 0.238. The van der Waals surface area contributed by atoms with Gasteiger partial charge in [-0.05, 0) is 35.4 Å². The predicted octanol–water partition coefficient (Wildman–Crippen LogP) is 4.77. The van der Waals surface area contributed by atoms with Gasteiger partial charge < -0.3 is 10.1 Å². The van der Waals surface area contributed by atoms with Crippen molar-refractivity contribution < 1.29 is 14.3 Å². The Labute approximate surface area is 158 Å². The third-order valence-electron chi connectivity index (χ3n) is 4.18. The third kappa shape index (κ3) is 5.28. The molecule has 0 aliphatic heterocycles. The molecule has 3 aromatic rings. The molecule has 0 aromatic heterocycles. The Kier molecular flexibility index (Phi) is 6.00. The van der Waals surface area contributed by atoms with Gasteiger partial charge in [-0.25, -0.2) is 0 Å². The number of rotatable bonds is 6. The van der Waals surface area contributed by atoms with Crippen LogP contribution in [0.3, 0.4) is 0 Å². The highest BCUT2D eigenvalue weighted by molar-refractivity contribution is 5.88. The van der Waals surface area contributed by atoms with Crippen molar-refractivity contribution in [2.75, 3.05) is 5.32 Å². The lowest BCUT2D eigenvalue weighted by molar-refractivity contribution is -0.134. The second-order valence-electron chi connectivity index (χ2n) is 6.26. The van der Waals surface area contributed by atoms with Crippen molar-refractivity contribution in [1.82, 2.24) is 0 Å². The molecule has 1 amide bonds. The van der Waals surface area contributed by atoms with Crippen LogP contribution in [0.25, 0.3) is 0 Å². The van der Waals surface area contributed by atoms with E-state index in [0.717, 1.165) is 11.1 Å². The monoisotopic (exact) mass is 359 g/mol. The van der Waals surface area contributed by atoms with Crippen LogP contribution in [0.5, 0.6) is 5.75 Å². The van der Waals surface area contributed by atoms with Crippen LogP contribution in [0.15, 0.2) is 84.9 Å². The van der Waals surface area contributed by atoms with Gasteiger partial charge in [0.2, 0.25) is 5.91 Å². The van der Waals surface area contributed by atoms with Crippen LogP contribution in [-0.2, 0) is 9.59 Å². The summed E-state index contributed by atoms with van der Waals surface area (Å²) in [5.74, 6) is -0.0687. The third-order valence-corrected chi connectivity index (χ3v) is 4.18. The maximum atomic E-state index is 12.5. The molecule has 136 valence electrons. The van der Waals surface area contributed by atoms with Crippen molar-refractivity contribution in [2.24, 2.45) is 0 Å². The first-order chi connectivity index (χ1) is 13.1. The van der Waals surface area contributed by atoms with E-state index in [9.17, 15) is 9.59 Å². The SMILES string of the molecule is CC(=O)Nc1ccc(OC(=O)CC(c2ccccc2)c2ccccc2)cc1. The largest absolute Gasteiger partial charge is 0.427 e. The van der Waals surface area contributed by atoms with Crippen molar-refractivity contribution in [3.05, 3.63) is 96.1 Å². The number of hydrogen-bond acceptors (Lipinski definition) is 3. The van der Waals surface area contributed by atoms with Gasteiger partial charge in [-0.3, -0.25) is 9.59 Å². The van der Waals surface area contributed by atoms with Gasteiger partial charge in [0.15, 0.2) is 0 Å². The minimum Gasteiger partial charge on any atom is -0.427 e. The fraction of sp³-hybridized carbons (Fsp3) is 0.130. The van der Waals surface area contributed by atoms with Gasteiger partial charge in [-0.2, -0.15) is 0 Å². The summed E-state index contributed by atoms with van der Waals surface area (Å²) in [4.78, 5) is 23.6.